The van der Waals surface area contributed by atoms with Crippen LogP contribution in [0.25, 0.3) is 32.3 Å². The Morgan fingerprint density at radius 2 is 1.31 bits per heavy atom. The highest BCUT2D eigenvalue weighted by molar-refractivity contribution is 7.95. The molecule has 52 heavy (non-hydrogen) atoms. The van der Waals surface area contributed by atoms with Gasteiger partial charge in [0.15, 0.2) is 5.75 Å². The van der Waals surface area contributed by atoms with Crippen molar-refractivity contribution in [1.82, 2.24) is 0 Å². The molecular weight excluding hydrogens is 767 g/mol. The number of rotatable bonds is 12. The molecule has 0 atom stereocenters. The minimum Gasteiger partial charge on any atom is -0.505 e. The smallest absolute Gasteiger partial charge is 0.296 e. The van der Waals surface area contributed by atoms with E-state index in [2.05, 4.69) is 39.2 Å². The Hall–Kier alpha value is -4.82. The van der Waals surface area contributed by atoms with E-state index >= 15 is 0 Å². The summed E-state index contributed by atoms with van der Waals surface area (Å²) in [5.74, 6) is -0.567. The number of hydrogen-bond donors (Lipinski definition) is 6. The van der Waals surface area contributed by atoms with Crippen LogP contribution in [-0.4, -0.2) is 41.6 Å². The van der Waals surface area contributed by atoms with Crippen LogP contribution in [0.15, 0.2) is 125 Å². The molecule has 0 bridgehead atoms. The van der Waals surface area contributed by atoms with Gasteiger partial charge >= 0.3 is 0 Å². The number of anilines is 1. The largest absolute Gasteiger partial charge is 0.505 e. The highest BCUT2D eigenvalue weighted by Gasteiger charge is 2.21. The number of benzene rings is 6. The Morgan fingerprint density at radius 3 is 2.02 bits per heavy atom. The van der Waals surface area contributed by atoms with Crippen LogP contribution >= 0.6 is 24.1 Å². The molecule has 0 aliphatic carbocycles. The van der Waals surface area contributed by atoms with E-state index in [0.717, 1.165) is 47.1 Å². The first kappa shape index (κ1) is 37.0. The molecule has 0 saturated heterocycles. The Bertz CT molecular complexity index is 2660. The van der Waals surface area contributed by atoms with Gasteiger partial charge in [-0.15, -0.1) is 24.0 Å². The molecule has 0 aromatic heterocycles. The van der Waals surface area contributed by atoms with Gasteiger partial charge in [-0.2, -0.15) is 21.9 Å². The van der Waals surface area contributed by atoms with Crippen molar-refractivity contribution in [2.24, 2.45) is 20.5 Å². The topological polar surface area (TPSA) is 282 Å². The molecule has 22 heteroatoms. The minimum atomic E-state index is -4.74. The number of nitrogen functional groups attached to an aromatic ring is 1. The summed E-state index contributed by atoms with van der Waals surface area (Å²) in [5, 5.41) is 54.9. The van der Waals surface area contributed by atoms with Crippen LogP contribution in [0.5, 0.6) is 5.75 Å². The fourth-order valence-electron chi connectivity index (χ4n) is 5.05. The molecule has 0 amide bonds. The SMILES string of the molecule is Nc1cc2c(O)c(N=Nc3ccc(N=Nc4ccc5ccc(SOOO)cc5c4)c4ccc(S(=O)(=O)O)cc34)c(SOOO)cc2cc1S(=O)(=O)O. The van der Waals surface area contributed by atoms with Crippen molar-refractivity contribution in [3.8, 4) is 5.75 Å². The van der Waals surface area contributed by atoms with Gasteiger partial charge in [-0.25, -0.2) is 10.5 Å². The van der Waals surface area contributed by atoms with E-state index in [1.807, 2.05) is 12.1 Å². The molecule has 6 aromatic rings. The van der Waals surface area contributed by atoms with Crippen molar-refractivity contribution in [3.05, 3.63) is 84.9 Å². The van der Waals surface area contributed by atoms with Crippen LogP contribution in [-0.2, 0) is 39.0 Å². The highest BCUT2D eigenvalue weighted by Crippen LogP contribution is 2.46. The number of phenols is 1. The van der Waals surface area contributed by atoms with Crippen molar-refractivity contribution in [2.45, 2.75) is 19.6 Å². The van der Waals surface area contributed by atoms with Crippen LogP contribution < -0.4 is 5.73 Å². The summed E-state index contributed by atoms with van der Waals surface area (Å²) in [6.07, 6.45) is 0. The van der Waals surface area contributed by atoms with Crippen molar-refractivity contribution < 1.29 is 60.3 Å². The molecule has 0 radical (unpaired) electrons. The van der Waals surface area contributed by atoms with Crippen molar-refractivity contribution in [2.75, 3.05) is 5.73 Å². The van der Waals surface area contributed by atoms with Gasteiger partial charge in [0.05, 0.1) is 56.6 Å². The molecule has 0 spiro atoms. The molecule has 0 aliphatic rings. The number of nitrogens with zero attached hydrogens (tertiary/aromatic N) is 4. The molecule has 0 unspecified atom stereocenters. The maximum absolute atomic E-state index is 12.1. The fraction of sp³-hybridized carbons (Fsp3) is 0. The Labute approximate surface area is 300 Å². The molecule has 18 nitrogen and oxygen atoms in total. The monoisotopic (exact) mass is 787 g/mol. The lowest BCUT2D eigenvalue weighted by atomic mass is 10.1. The minimum absolute atomic E-state index is 0.00132. The van der Waals surface area contributed by atoms with Crippen LogP contribution in [0.1, 0.15) is 0 Å². The lowest BCUT2D eigenvalue weighted by molar-refractivity contribution is -0.432. The Kier molecular flexibility index (Phi) is 10.7. The van der Waals surface area contributed by atoms with E-state index in [1.165, 1.54) is 24.3 Å². The average molecular weight is 788 g/mol. The third-order valence-electron chi connectivity index (χ3n) is 7.34. The maximum atomic E-state index is 12.1. The predicted molar refractivity (Wildman–Crippen MR) is 187 cm³/mol. The van der Waals surface area contributed by atoms with Crippen LogP contribution in [0, 0.1) is 0 Å². The average Bonchev–Trinajstić information content (AvgIpc) is 3.11. The van der Waals surface area contributed by atoms with Crippen LogP contribution in [0.3, 0.4) is 0 Å². The van der Waals surface area contributed by atoms with Gasteiger partial charge in [0.2, 0.25) is 0 Å². The van der Waals surface area contributed by atoms with Crippen LogP contribution in [0.2, 0.25) is 0 Å². The quantitative estimate of drug-likeness (QED) is 0.0169. The summed E-state index contributed by atoms with van der Waals surface area (Å²) in [5.41, 5.74) is 5.93. The molecule has 6 aromatic carbocycles. The first-order chi connectivity index (χ1) is 24.8. The number of fused-ring (bicyclic) bond motifs is 3. The van der Waals surface area contributed by atoms with Gasteiger partial charge in [-0.3, -0.25) is 9.11 Å². The summed E-state index contributed by atoms with van der Waals surface area (Å²) < 4.78 is 76.0. The van der Waals surface area contributed by atoms with Gasteiger partial charge in [-0.05, 0) is 82.9 Å². The molecule has 268 valence electrons. The number of phenolic OH excluding ortho intramolecular Hbond substituents is 1. The van der Waals surface area contributed by atoms with E-state index < -0.39 is 35.8 Å². The lowest BCUT2D eigenvalue weighted by Crippen LogP contribution is -2.03. The maximum Gasteiger partial charge on any atom is 0.296 e. The standard InChI is InChI=1S/C30H21N5O13S4/c31-24-14-22-17(12-28(24)52(42,43)44)11-27(50-48-46-38)29(30(22)36)35-34-26-8-7-25(21-6-5-20(13-23(21)26)51(39,40)41)33-32-18-3-1-15-2-4-19(49-47-45-37)10-16(15)9-18/h1-14,36-38H,31H2,(H,39,40,41)(H,42,43,44). The van der Waals surface area contributed by atoms with Gasteiger partial charge < -0.3 is 10.8 Å². The second-order valence-electron chi connectivity index (χ2n) is 10.5. The van der Waals surface area contributed by atoms with E-state index in [0.29, 0.717) is 28.0 Å². The Balaban J connectivity index is 1.44. The summed E-state index contributed by atoms with van der Waals surface area (Å²) in [6.45, 7) is 0. The normalized spacial score (nSPS) is 12.6. The van der Waals surface area contributed by atoms with Crippen molar-refractivity contribution in [1.29, 1.82) is 0 Å². The number of aromatic hydroxyl groups is 1. The van der Waals surface area contributed by atoms with Gasteiger partial charge in [0.25, 0.3) is 20.2 Å². The zero-order valence-corrected chi connectivity index (χ0v) is 28.9. The van der Waals surface area contributed by atoms with E-state index in [4.69, 9.17) is 16.2 Å². The van der Waals surface area contributed by atoms with Crippen molar-refractivity contribution >= 4 is 105 Å². The van der Waals surface area contributed by atoms with Crippen molar-refractivity contribution in [3.63, 3.8) is 0 Å². The molecule has 0 fully saturated rings. The third kappa shape index (κ3) is 7.97. The molecule has 0 heterocycles. The summed E-state index contributed by atoms with van der Waals surface area (Å²) >= 11 is 1.15. The summed E-state index contributed by atoms with van der Waals surface area (Å²) in [7, 11) is -9.41. The Morgan fingerprint density at radius 1 is 0.615 bits per heavy atom. The van der Waals surface area contributed by atoms with Gasteiger partial charge in [0, 0.05) is 21.1 Å². The molecule has 7 N–H and O–H groups in total. The second kappa shape index (κ2) is 15.0. The number of nitrogens with two attached hydrogens (primary N) is 1. The highest BCUT2D eigenvalue weighted by atomic mass is 32.2. The van der Waals surface area contributed by atoms with E-state index in [1.54, 1.807) is 24.3 Å². The van der Waals surface area contributed by atoms with E-state index in [9.17, 15) is 31.0 Å². The zero-order valence-electron chi connectivity index (χ0n) is 25.6. The van der Waals surface area contributed by atoms with Gasteiger partial charge in [0.1, 0.15) is 10.6 Å². The predicted octanol–water partition coefficient (Wildman–Crippen LogP) is 8.61. The lowest BCUT2D eigenvalue weighted by Gasteiger charge is -2.11. The molecule has 0 saturated carbocycles. The second-order valence-corrected chi connectivity index (χ2v) is 14.8. The molecular formula is C30H21N5O13S4. The number of hydrogen-bond acceptors (Lipinski definition) is 18. The van der Waals surface area contributed by atoms with E-state index in [-0.39, 0.29) is 43.8 Å². The first-order valence-electron chi connectivity index (χ1n) is 14.0. The molecule has 0 aliphatic heterocycles. The summed E-state index contributed by atoms with van der Waals surface area (Å²) in [6, 6.07) is 20.6. The first-order valence-corrected chi connectivity index (χ1v) is 18.4. The number of azo groups is 2. The third-order valence-corrected chi connectivity index (χ3v) is 10.3. The fourth-order valence-corrected chi connectivity index (χ4v) is 7.10. The summed E-state index contributed by atoms with van der Waals surface area (Å²) in [4.78, 5) is -0.519. The molecule has 6 rings (SSSR count). The van der Waals surface area contributed by atoms with Crippen LogP contribution in [0.4, 0.5) is 28.4 Å². The zero-order chi connectivity index (χ0) is 37.2. The van der Waals surface area contributed by atoms with Gasteiger partial charge in [-0.1, -0.05) is 28.3 Å².